The Morgan fingerprint density at radius 1 is 0.919 bits per heavy atom. The molecule has 3 amide bonds. The van der Waals surface area contributed by atoms with Crippen LogP contribution in [0.5, 0.6) is 11.5 Å². The molecule has 0 aliphatic rings. The van der Waals surface area contributed by atoms with Gasteiger partial charge < -0.3 is 20.1 Å². The van der Waals surface area contributed by atoms with Gasteiger partial charge in [0, 0.05) is 5.69 Å². The van der Waals surface area contributed by atoms with Gasteiger partial charge in [-0.05, 0) is 61.4 Å². The van der Waals surface area contributed by atoms with Crippen molar-refractivity contribution in [3.05, 3.63) is 81.3 Å². The Balaban J connectivity index is 1.55. The zero-order valence-corrected chi connectivity index (χ0v) is 21.7. The molecule has 0 radical (unpaired) electrons. The van der Waals surface area contributed by atoms with E-state index < -0.39 is 11.8 Å². The molecular weight excluding hydrogens is 519 g/mol. The molecule has 0 saturated heterocycles. The molecule has 0 unspecified atom stereocenters. The number of nitrogens with zero attached hydrogens (tertiary/aromatic N) is 1. The van der Waals surface area contributed by atoms with Gasteiger partial charge in [-0.1, -0.05) is 47.0 Å². The van der Waals surface area contributed by atoms with E-state index in [-0.39, 0.29) is 28.2 Å². The van der Waals surface area contributed by atoms with E-state index in [1.807, 2.05) is 32.0 Å². The van der Waals surface area contributed by atoms with Gasteiger partial charge in [0.1, 0.15) is 0 Å². The summed E-state index contributed by atoms with van der Waals surface area (Å²) in [6.07, 6.45) is 1.32. The van der Waals surface area contributed by atoms with Crippen LogP contribution in [0.15, 0.2) is 59.7 Å². The third-order valence-electron chi connectivity index (χ3n) is 4.99. The summed E-state index contributed by atoms with van der Waals surface area (Å²) < 4.78 is 10.9. The molecule has 3 rings (SSSR count). The lowest BCUT2D eigenvalue weighted by atomic mass is 10.1. The number of hydrazone groups is 1. The van der Waals surface area contributed by atoms with Gasteiger partial charge in [0.15, 0.2) is 18.1 Å². The van der Waals surface area contributed by atoms with Gasteiger partial charge in [-0.15, -0.1) is 0 Å². The lowest BCUT2D eigenvalue weighted by Crippen LogP contribution is -2.32. The average Bonchev–Trinajstić information content (AvgIpc) is 2.87. The van der Waals surface area contributed by atoms with Crippen molar-refractivity contribution in [2.75, 3.05) is 24.4 Å². The fraction of sp³-hybridized carbons (Fsp3) is 0.154. The molecule has 37 heavy (non-hydrogen) atoms. The van der Waals surface area contributed by atoms with Crippen LogP contribution in [0.3, 0.4) is 0 Å². The van der Waals surface area contributed by atoms with Crippen molar-refractivity contribution in [1.82, 2.24) is 5.43 Å². The zero-order valence-electron chi connectivity index (χ0n) is 20.2. The molecular formula is C26H24Cl2N4O5. The van der Waals surface area contributed by atoms with Crippen molar-refractivity contribution in [2.24, 2.45) is 5.10 Å². The molecule has 0 fully saturated rings. The third kappa shape index (κ3) is 7.70. The predicted octanol–water partition coefficient (Wildman–Crippen LogP) is 4.73. The van der Waals surface area contributed by atoms with Crippen LogP contribution in [-0.4, -0.2) is 37.7 Å². The Morgan fingerprint density at radius 2 is 1.70 bits per heavy atom. The molecule has 11 heteroatoms. The first-order valence-electron chi connectivity index (χ1n) is 10.9. The third-order valence-corrected chi connectivity index (χ3v) is 5.81. The van der Waals surface area contributed by atoms with Crippen molar-refractivity contribution in [2.45, 2.75) is 13.8 Å². The molecule has 3 aromatic carbocycles. The summed E-state index contributed by atoms with van der Waals surface area (Å²) in [5, 5.41) is 9.30. The van der Waals surface area contributed by atoms with E-state index in [0.717, 1.165) is 11.1 Å². The molecule has 192 valence electrons. The second-order valence-corrected chi connectivity index (χ2v) is 8.61. The Hall–Kier alpha value is -4.08. The van der Waals surface area contributed by atoms with Gasteiger partial charge in [-0.3, -0.25) is 14.4 Å². The van der Waals surface area contributed by atoms with Crippen LogP contribution >= 0.6 is 23.2 Å². The smallest absolute Gasteiger partial charge is 0.329 e. The van der Waals surface area contributed by atoms with Crippen LogP contribution in [0.1, 0.15) is 16.7 Å². The van der Waals surface area contributed by atoms with Gasteiger partial charge in [0.2, 0.25) is 0 Å². The molecule has 0 aliphatic heterocycles. The van der Waals surface area contributed by atoms with Gasteiger partial charge >= 0.3 is 11.8 Å². The van der Waals surface area contributed by atoms with Gasteiger partial charge in [0.25, 0.3) is 5.91 Å². The fourth-order valence-corrected chi connectivity index (χ4v) is 3.51. The van der Waals surface area contributed by atoms with Crippen LogP contribution in [-0.2, 0) is 14.4 Å². The highest BCUT2D eigenvalue weighted by molar-refractivity contribution is 6.45. The highest BCUT2D eigenvalue weighted by Crippen LogP contribution is 2.29. The molecule has 3 N–H and O–H groups in total. The molecule has 0 atom stereocenters. The van der Waals surface area contributed by atoms with Crippen molar-refractivity contribution in [3.8, 4) is 11.5 Å². The number of benzene rings is 3. The van der Waals surface area contributed by atoms with E-state index in [1.54, 1.807) is 30.3 Å². The number of hydrogen-bond donors (Lipinski definition) is 3. The maximum absolute atomic E-state index is 12.3. The van der Waals surface area contributed by atoms with Crippen molar-refractivity contribution in [3.63, 3.8) is 0 Å². The minimum absolute atomic E-state index is 0.117. The number of methoxy groups -OCH3 is 1. The predicted molar refractivity (Wildman–Crippen MR) is 144 cm³/mol. The number of anilines is 2. The number of carbonyl (C=O) groups excluding carboxylic acids is 3. The number of rotatable bonds is 8. The second-order valence-electron chi connectivity index (χ2n) is 7.82. The van der Waals surface area contributed by atoms with Crippen LogP contribution in [0, 0.1) is 13.8 Å². The number of halogens is 2. The SMILES string of the molecule is COc1cc(/C=N\NC(=O)C(=O)Nc2cccc(Cl)c2Cl)ccc1OCC(=O)Nc1ccc(C)cc1C. The Labute approximate surface area is 223 Å². The van der Waals surface area contributed by atoms with E-state index in [4.69, 9.17) is 32.7 Å². The van der Waals surface area contributed by atoms with Crippen molar-refractivity contribution < 1.29 is 23.9 Å². The molecule has 9 nitrogen and oxygen atoms in total. The molecule has 3 aromatic rings. The topological polar surface area (TPSA) is 118 Å². The van der Waals surface area contributed by atoms with Crippen LogP contribution in [0.4, 0.5) is 11.4 Å². The van der Waals surface area contributed by atoms with E-state index in [9.17, 15) is 14.4 Å². The Kier molecular flexibility index (Phi) is 9.48. The van der Waals surface area contributed by atoms with Crippen molar-refractivity contribution in [1.29, 1.82) is 0 Å². The summed E-state index contributed by atoms with van der Waals surface area (Å²) in [5.41, 5.74) is 5.63. The number of ether oxygens (including phenoxy) is 2. The summed E-state index contributed by atoms with van der Waals surface area (Å²) in [7, 11) is 1.45. The van der Waals surface area contributed by atoms with Crippen LogP contribution < -0.4 is 25.5 Å². The molecule has 0 aliphatic carbocycles. The van der Waals surface area contributed by atoms with E-state index in [0.29, 0.717) is 22.7 Å². The first kappa shape index (κ1) is 27.5. The van der Waals surface area contributed by atoms with Crippen LogP contribution in [0.25, 0.3) is 0 Å². The zero-order chi connectivity index (χ0) is 26.9. The summed E-state index contributed by atoms with van der Waals surface area (Å²) in [6, 6.07) is 15.2. The number of aryl methyl sites for hydroxylation is 2. The second kappa shape index (κ2) is 12.8. The number of amides is 3. The number of carbonyl (C=O) groups is 3. The lowest BCUT2D eigenvalue weighted by Gasteiger charge is -2.12. The minimum atomic E-state index is -1.01. The first-order chi connectivity index (χ1) is 17.7. The summed E-state index contributed by atoms with van der Waals surface area (Å²) in [4.78, 5) is 36.4. The van der Waals surface area contributed by atoms with Crippen LogP contribution in [0.2, 0.25) is 10.0 Å². The summed E-state index contributed by atoms with van der Waals surface area (Å²) in [6.45, 7) is 3.67. The van der Waals surface area contributed by atoms with Gasteiger partial charge in [-0.25, -0.2) is 5.43 Å². The van der Waals surface area contributed by atoms with E-state index in [2.05, 4.69) is 21.2 Å². The average molecular weight is 543 g/mol. The molecule has 0 aromatic heterocycles. The lowest BCUT2D eigenvalue weighted by molar-refractivity contribution is -0.136. The molecule has 0 heterocycles. The van der Waals surface area contributed by atoms with Crippen molar-refractivity contribution >= 4 is 58.5 Å². The summed E-state index contributed by atoms with van der Waals surface area (Å²) in [5.74, 6) is -1.60. The Morgan fingerprint density at radius 3 is 2.43 bits per heavy atom. The molecule has 0 bridgehead atoms. The van der Waals surface area contributed by atoms with Gasteiger partial charge in [-0.2, -0.15) is 5.10 Å². The Bertz CT molecular complexity index is 1360. The molecule has 0 spiro atoms. The van der Waals surface area contributed by atoms with E-state index in [1.165, 1.54) is 19.4 Å². The van der Waals surface area contributed by atoms with E-state index >= 15 is 0 Å². The maximum Gasteiger partial charge on any atom is 0.329 e. The minimum Gasteiger partial charge on any atom is -0.493 e. The monoisotopic (exact) mass is 542 g/mol. The quantitative estimate of drug-likeness (QED) is 0.216. The standard InChI is InChI=1S/C26H24Cl2N4O5/c1-15-7-9-19(16(2)11-15)30-23(33)14-37-21-10-8-17(12-22(21)36-3)13-29-32-26(35)25(34)31-20-6-4-5-18(27)24(20)28/h4-13H,14H2,1-3H3,(H,30,33)(H,31,34)(H,32,35)/b29-13-. The summed E-state index contributed by atoms with van der Waals surface area (Å²) >= 11 is 11.9. The number of hydrogen-bond acceptors (Lipinski definition) is 6. The maximum atomic E-state index is 12.3. The normalized spacial score (nSPS) is 10.6. The highest BCUT2D eigenvalue weighted by Gasteiger charge is 2.15. The molecule has 0 saturated carbocycles. The fourth-order valence-electron chi connectivity index (χ4n) is 3.16. The highest BCUT2D eigenvalue weighted by atomic mass is 35.5. The van der Waals surface area contributed by atoms with Gasteiger partial charge in [0.05, 0.1) is 29.1 Å². The number of nitrogens with one attached hydrogen (secondary N) is 3. The first-order valence-corrected chi connectivity index (χ1v) is 11.7. The largest absolute Gasteiger partial charge is 0.493 e.